The minimum Gasteiger partial charge on any atom is -0.494 e. The number of aliphatic imine (C=N–C) groups is 1. The quantitative estimate of drug-likeness (QED) is 0.421. The van der Waals surface area contributed by atoms with Crippen LogP contribution in [0.5, 0.6) is 5.75 Å². The zero-order chi connectivity index (χ0) is 16.2. The predicted molar refractivity (Wildman–Crippen MR) is 92.8 cm³/mol. The Kier molecular flexibility index (Phi) is 7.53. The van der Waals surface area contributed by atoms with Gasteiger partial charge in [-0.15, -0.1) is 0 Å². The summed E-state index contributed by atoms with van der Waals surface area (Å²) in [5, 5.41) is 6.59. The van der Waals surface area contributed by atoms with E-state index in [9.17, 15) is 0 Å². The lowest BCUT2D eigenvalue weighted by Crippen LogP contribution is -2.38. The molecule has 0 amide bonds. The number of imidazole rings is 1. The van der Waals surface area contributed by atoms with Crippen LogP contribution in [0.2, 0.25) is 0 Å². The molecule has 2 aromatic rings. The summed E-state index contributed by atoms with van der Waals surface area (Å²) in [4.78, 5) is 8.24. The van der Waals surface area contributed by atoms with Gasteiger partial charge in [0.15, 0.2) is 5.96 Å². The third-order valence-electron chi connectivity index (χ3n) is 3.29. The largest absolute Gasteiger partial charge is 0.494 e. The highest BCUT2D eigenvalue weighted by Crippen LogP contribution is 2.07. The molecular weight excluding hydrogens is 290 g/mol. The maximum atomic E-state index is 5.65. The first kappa shape index (κ1) is 16.9. The number of aryl methyl sites for hydroxylation is 1. The SMILES string of the molecule is CN=C(NCCCOc1ccccc1)NCCCn1ccnc1. The second-order valence-electron chi connectivity index (χ2n) is 5.09. The average molecular weight is 315 g/mol. The summed E-state index contributed by atoms with van der Waals surface area (Å²) < 4.78 is 7.72. The van der Waals surface area contributed by atoms with Gasteiger partial charge in [0.2, 0.25) is 0 Å². The zero-order valence-electron chi connectivity index (χ0n) is 13.6. The van der Waals surface area contributed by atoms with Crippen molar-refractivity contribution >= 4 is 5.96 Å². The Labute approximate surface area is 137 Å². The van der Waals surface area contributed by atoms with Gasteiger partial charge >= 0.3 is 0 Å². The third kappa shape index (κ3) is 6.86. The van der Waals surface area contributed by atoms with Gasteiger partial charge in [0.25, 0.3) is 0 Å². The fourth-order valence-corrected chi connectivity index (χ4v) is 2.09. The van der Waals surface area contributed by atoms with Crippen LogP contribution in [0.25, 0.3) is 0 Å². The molecule has 2 N–H and O–H groups in total. The molecule has 2 rings (SSSR count). The highest BCUT2D eigenvalue weighted by atomic mass is 16.5. The molecule has 0 saturated carbocycles. The van der Waals surface area contributed by atoms with Gasteiger partial charge < -0.3 is 19.9 Å². The van der Waals surface area contributed by atoms with Crippen LogP contribution < -0.4 is 15.4 Å². The fourth-order valence-electron chi connectivity index (χ4n) is 2.09. The minimum absolute atomic E-state index is 0.689. The minimum atomic E-state index is 0.689. The molecule has 23 heavy (non-hydrogen) atoms. The van der Waals surface area contributed by atoms with E-state index in [0.717, 1.165) is 44.2 Å². The van der Waals surface area contributed by atoms with E-state index >= 15 is 0 Å². The second-order valence-corrected chi connectivity index (χ2v) is 5.09. The predicted octanol–water partition coefficient (Wildman–Crippen LogP) is 1.91. The Morgan fingerprint density at radius 3 is 2.65 bits per heavy atom. The molecule has 0 aliphatic rings. The van der Waals surface area contributed by atoms with Gasteiger partial charge in [-0.3, -0.25) is 4.99 Å². The van der Waals surface area contributed by atoms with E-state index in [-0.39, 0.29) is 0 Å². The van der Waals surface area contributed by atoms with Crippen molar-refractivity contribution in [1.29, 1.82) is 0 Å². The van der Waals surface area contributed by atoms with E-state index in [0.29, 0.717) is 6.61 Å². The number of nitrogens with one attached hydrogen (secondary N) is 2. The van der Waals surface area contributed by atoms with Gasteiger partial charge in [-0.1, -0.05) is 18.2 Å². The summed E-state index contributed by atoms with van der Waals surface area (Å²) in [5.41, 5.74) is 0. The monoisotopic (exact) mass is 315 g/mol. The molecule has 0 atom stereocenters. The molecule has 0 saturated heterocycles. The number of para-hydroxylation sites is 1. The van der Waals surface area contributed by atoms with Crippen LogP contribution in [-0.2, 0) is 6.54 Å². The molecule has 0 unspecified atom stereocenters. The first-order chi connectivity index (χ1) is 11.4. The smallest absolute Gasteiger partial charge is 0.190 e. The number of benzene rings is 1. The first-order valence-corrected chi connectivity index (χ1v) is 7.96. The van der Waals surface area contributed by atoms with Gasteiger partial charge in [0, 0.05) is 39.1 Å². The Bertz CT molecular complexity index is 554. The third-order valence-corrected chi connectivity index (χ3v) is 3.29. The van der Waals surface area contributed by atoms with Crippen molar-refractivity contribution in [3.63, 3.8) is 0 Å². The highest BCUT2D eigenvalue weighted by Gasteiger charge is 1.97. The van der Waals surface area contributed by atoms with Crippen molar-refractivity contribution in [1.82, 2.24) is 20.2 Å². The second kappa shape index (κ2) is 10.3. The fraction of sp³-hybridized carbons (Fsp3) is 0.412. The Balaban J connectivity index is 1.51. The number of rotatable bonds is 9. The molecular formula is C17H25N5O. The molecule has 0 radical (unpaired) electrons. The lowest BCUT2D eigenvalue weighted by Gasteiger charge is -2.12. The topological polar surface area (TPSA) is 63.5 Å². The molecule has 0 spiro atoms. The van der Waals surface area contributed by atoms with Crippen LogP contribution in [0, 0.1) is 0 Å². The summed E-state index contributed by atoms with van der Waals surface area (Å²) in [6.45, 7) is 3.34. The maximum absolute atomic E-state index is 5.65. The molecule has 1 heterocycles. The van der Waals surface area contributed by atoms with E-state index < -0.39 is 0 Å². The van der Waals surface area contributed by atoms with Gasteiger partial charge in [0.05, 0.1) is 12.9 Å². The van der Waals surface area contributed by atoms with E-state index in [2.05, 4.69) is 25.2 Å². The standard InChI is InChI=1S/C17H25N5O/c1-18-17(20-9-5-12-22-13-11-19-15-22)21-10-6-14-23-16-7-3-2-4-8-16/h2-4,7-8,11,13,15H,5-6,9-10,12,14H2,1H3,(H2,18,20,21). The lowest BCUT2D eigenvalue weighted by molar-refractivity contribution is 0.311. The maximum Gasteiger partial charge on any atom is 0.190 e. The van der Waals surface area contributed by atoms with Crippen LogP contribution in [0.4, 0.5) is 0 Å². The summed E-state index contributed by atoms with van der Waals surface area (Å²) in [7, 11) is 1.78. The molecule has 1 aromatic heterocycles. The van der Waals surface area contributed by atoms with Gasteiger partial charge in [-0.05, 0) is 25.0 Å². The van der Waals surface area contributed by atoms with Crippen molar-refractivity contribution in [2.45, 2.75) is 19.4 Å². The van der Waals surface area contributed by atoms with Crippen molar-refractivity contribution in [2.75, 3.05) is 26.7 Å². The van der Waals surface area contributed by atoms with E-state index in [1.165, 1.54) is 0 Å². The van der Waals surface area contributed by atoms with E-state index in [4.69, 9.17) is 4.74 Å². The average Bonchev–Trinajstić information content (AvgIpc) is 3.11. The molecule has 0 fully saturated rings. The van der Waals surface area contributed by atoms with Crippen molar-refractivity contribution in [3.8, 4) is 5.75 Å². The van der Waals surface area contributed by atoms with Gasteiger partial charge in [0.1, 0.15) is 5.75 Å². The number of hydrogen-bond acceptors (Lipinski definition) is 3. The number of aromatic nitrogens is 2. The highest BCUT2D eigenvalue weighted by molar-refractivity contribution is 5.79. The Hall–Kier alpha value is -2.50. The number of ether oxygens (including phenoxy) is 1. The van der Waals surface area contributed by atoms with Crippen molar-refractivity contribution in [2.24, 2.45) is 4.99 Å². The molecule has 1 aromatic carbocycles. The summed E-state index contributed by atoms with van der Waals surface area (Å²) in [6.07, 6.45) is 7.55. The molecule has 0 bridgehead atoms. The Morgan fingerprint density at radius 1 is 1.17 bits per heavy atom. The Morgan fingerprint density at radius 2 is 1.96 bits per heavy atom. The number of nitrogens with zero attached hydrogens (tertiary/aromatic N) is 3. The summed E-state index contributed by atoms with van der Waals surface area (Å²) in [6, 6.07) is 9.87. The number of guanidine groups is 1. The molecule has 6 heteroatoms. The van der Waals surface area contributed by atoms with Crippen LogP contribution >= 0.6 is 0 Å². The van der Waals surface area contributed by atoms with Crippen LogP contribution in [0.15, 0.2) is 54.0 Å². The van der Waals surface area contributed by atoms with Crippen molar-refractivity contribution in [3.05, 3.63) is 49.1 Å². The first-order valence-electron chi connectivity index (χ1n) is 7.96. The number of hydrogen-bond donors (Lipinski definition) is 2. The molecule has 0 aliphatic carbocycles. The summed E-state index contributed by atoms with van der Waals surface area (Å²) in [5.74, 6) is 1.74. The van der Waals surface area contributed by atoms with Crippen LogP contribution in [0.3, 0.4) is 0 Å². The summed E-state index contributed by atoms with van der Waals surface area (Å²) >= 11 is 0. The lowest BCUT2D eigenvalue weighted by atomic mass is 10.3. The van der Waals surface area contributed by atoms with Gasteiger partial charge in [-0.2, -0.15) is 0 Å². The van der Waals surface area contributed by atoms with E-state index in [1.807, 2.05) is 42.9 Å². The van der Waals surface area contributed by atoms with Crippen LogP contribution in [0.1, 0.15) is 12.8 Å². The van der Waals surface area contributed by atoms with E-state index in [1.54, 1.807) is 13.2 Å². The van der Waals surface area contributed by atoms with Gasteiger partial charge in [-0.25, -0.2) is 4.98 Å². The zero-order valence-corrected chi connectivity index (χ0v) is 13.6. The normalized spacial score (nSPS) is 11.3. The molecule has 0 aliphatic heterocycles. The molecule has 6 nitrogen and oxygen atoms in total. The molecule has 124 valence electrons. The van der Waals surface area contributed by atoms with Crippen LogP contribution in [-0.4, -0.2) is 42.3 Å². The van der Waals surface area contributed by atoms with Crippen molar-refractivity contribution < 1.29 is 4.74 Å².